The van der Waals surface area contributed by atoms with E-state index < -0.39 is 0 Å². The molecule has 0 unspecified atom stereocenters. The highest BCUT2D eigenvalue weighted by Gasteiger charge is 2.04. The van der Waals surface area contributed by atoms with Crippen molar-refractivity contribution in [1.82, 2.24) is 9.78 Å². The van der Waals surface area contributed by atoms with E-state index in [2.05, 4.69) is 10.4 Å². The van der Waals surface area contributed by atoms with Crippen molar-refractivity contribution in [3.05, 3.63) is 35.9 Å². The molecule has 0 aliphatic heterocycles. The van der Waals surface area contributed by atoms with Crippen LogP contribution < -0.4 is 11.1 Å². The van der Waals surface area contributed by atoms with E-state index in [9.17, 15) is 4.39 Å². The molecule has 0 amide bonds. The number of hydrogen-bond acceptors (Lipinski definition) is 3. The van der Waals surface area contributed by atoms with E-state index in [1.807, 2.05) is 20.2 Å². The van der Waals surface area contributed by atoms with Gasteiger partial charge >= 0.3 is 0 Å². The van der Waals surface area contributed by atoms with E-state index in [1.54, 1.807) is 10.7 Å². The largest absolute Gasteiger partial charge is 0.399 e. The Labute approximate surface area is 92.9 Å². The maximum absolute atomic E-state index is 13.1. The Morgan fingerprint density at radius 1 is 1.38 bits per heavy atom. The SMILES string of the molecule is Cc1nn(C)cc1Nc1cc(N)cc(F)c1. The quantitative estimate of drug-likeness (QED) is 0.763. The normalized spacial score (nSPS) is 10.4. The first-order valence-corrected chi connectivity index (χ1v) is 4.88. The van der Waals surface area contributed by atoms with E-state index in [0.29, 0.717) is 11.4 Å². The van der Waals surface area contributed by atoms with E-state index in [-0.39, 0.29) is 5.82 Å². The number of aromatic nitrogens is 2. The highest BCUT2D eigenvalue weighted by molar-refractivity contribution is 5.64. The van der Waals surface area contributed by atoms with Crippen molar-refractivity contribution in [3.63, 3.8) is 0 Å². The summed E-state index contributed by atoms with van der Waals surface area (Å²) in [7, 11) is 1.83. The number of nitrogens with two attached hydrogens (primary N) is 1. The summed E-state index contributed by atoms with van der Waals surface area (Å²) in [6.45, 7) is 1.88. The zero-order chi connectivity index (χ0) is 11.7. The molecule has 0 radical (unpaired) electrons. The van der Waals surface area contributed by atoms with Gasteiger partial charge in [-0.1, -0.05) is 0 Å². The number of nitrogen functional groups attached to an aromatic ring is 1. The van der Waals surface area contributed by atoms with Crippen LogP contribution in [0.1, 0.15) is 5.69 Å². The van der Waals surface area contributed by atoms with E-state index in [0.717, 1.165) is 11.4 Å². The minimum Gasteiger partial charge on any atom is -0.399 e. The van der Waals surface area contributed by atoms with Crippen LogP contribution in [0.15, 0.2) is 24.4 Å². The van der Waals surface area contributed by atoms with Crippen LogP contribution in [0.25, 0.3) is 0 Å². The fourth-order valence-corrected chi connectivity index (χ4v) is 1.56. The number of hydrogen-bond donors (Lipinski definition) is 2. The third-order valence-electron chi connectivity index (χ3n) is 2.21. The molecular weight excluding hydrogens is 207 g/mol. The van der Waals surface area contributed by atoms with Gasteiger partial charge in [0.05, 0.1) is 11.4 Å². The smallest absolute Gasteiger partial charge is 0.127 e. The maximum atomic E-state index is 13.1. The Kier molecular flexibility index (Phi) is 2.52. The molecule has 2 rings (SSSR count). The van der Waals surface area contributed by atoms with Crippen molar-refractivity contribution in [2.75, 3.05) is 11.1 Å². The maximum Gasteiger partial charge on any atom is 0.127 e. The van der Waals surface area contributed by atoms with Crippen LogP contribution in [-0.4, -0.2) is 9.78 Å². The summed E-state index contributed by atoms with van der Waals surface area (Å²) in [4.78, 5) is 0. The molecule has 16 heavy (non-hydrogen) atoms. The molecule has 3 N–H and O–H groups in total. The summed E-state index contributed by atoms with van der Waals surface area (Å²) in [5, 5.41) is 7.25. The minimum atomic E-state index is -0.357. The van der Waals surface area contributed by atoms with E-state index in [4.69, 9.17) is 5.73 Å². The minimum absolute atomic E-state index is 0.357. The summed E-state index contributed by atoms with van der Waals surface area (Å²) in [5.41, 5.74) is 8.26. The summed E-state index contributed by atoms with van der Waals surface area (Å²) in [6.07, 6.45) is 1.83. The first kappa shape index (κ1) is 10.5. The predicted molar refractivity (Wildman–Crippen MR) is 62.0 cm³/mol. The second-order valence-electron chi connectivity index (χ2n) is 3.70. The van der Waals surface area contributed by atoms with Gasteiger partial charge in [-0.15, -0.1) is 0 Å². The summed E-state index contributed by atoms with van der Waals surface area (Å²) in [6, 6.07) is 4.35. The number of nitrogens with zero attached hydrogens (tertiary/aromatic N) is 2. The Balaban J connectivity index is 2.30. The lowest BCUT2D eigenvalue weighted by Crippen LogP contribution is -1.94. The zero-order valence-corrected chi connectivity index (χ0v) is 9.16. The molecule has 5 heteroatoms. The molecule has 0 fully saturated rings. The third-order valence-corrected chi connectivity index (χ3v) is 2.21. The topological polar surface area (TPSA) is 55.9 Å². The van der Waals surface area contributed by atoms with Crippen LogP contribution in [0.4, 0.5) is 21.5 Å². The molecule has 0 saturated heterocycles. The average Bonchev–Trinajstić information content (AvgIpc) is 2.43. The molecule has 1 aromatic heterocycles. The standard InChI is InChI=1S/C11H13FN4/c1-7-11(6-16(2)15-7)14-10-4-8(12)3-9(13)5-10/h3-6,14H,13H2,1-2H3. The molecule has 1 heterocycles. The monoisotopic (exact) mass is 220 g/mol. The van der Waals surface area contributed by atoms with Crippen LogP contribution in [-0.2, 0) is 7.05 Å². The number of nitrogens with one attached hydrogen (secondary N) is 1. The lowest BCUT2D eigenvalue weighted by atomic mass is 10.2. The van der Waals surface area contributed by atoms with Crippen LogP contribution in [0, 0.1) is 12.7 Å². The second-order valence-corrected chi connectivity index (χ2v) is 3.70. The molecule has 0 atom stereocenters. The molecule has 84 valence electrons. The van der Waals surface area contributed by atoms with Crippen LogP contribution in [0.3, 0.4) is 0 Å². The van der Waals surface area contributed by atoms with E-state index in [1.165, 1.54) is 12.1 Å². The first-order valence-electron chi connectivity index (χ1n) is 4.88. The average molecular weight is 220 g/mol. The number of anilines is 3. The molecule has 0 spiro atoms. The Bertz CT molecular complexity index is 498. The van der Waals surface area contributed by atoms with Gasteiger partial charge in [0.1, 0.15) is 5.82 Å². The van der Waals surface area contributed by atoms with Crippen molar-refractivity contribution in [2.45, 2.75) is 6.92 Å². The Hall–Kier alpha value is -2.04. The van der Waals surface area contributed by atoms with Gasteiger partial charge in [0.15, 0.2) is 0 Å². The Morgan fingerprint density at radius 2 is 2.12 bits per heavy atom. The highest BCUT2D eigenvalue weighted by Crippen LogP contribution is 2.22. The molecule has 0 saturated carbocycles. The van der Waals surface area contributed by atoms with Gasteiger partial charge in [0.2, 0.25) is 0 Å². The van der Waals surface area contributed by atoms with Crippen molar-refractivity contribution >= 4 is 17.1 Å². The van der Waals surface area contributed by atoms with Gasteiger partial charge in [0.25, 0.3) is 0 Å². The summed E-state index contributed by atoms with van der Waals surface area (Å²) < 4.78 is 14.8. The lowest BCUT2D eigenvalue weighted by Gasteiger charge is -2.05. The van der Waals surface area contributed by atoms with Gasteiger partial charge in [-0.3, -0.25) is 4.68 Å². The molecular formula is C11H13FN4. The van der Waals surface area contributed by atoms with Crippen LogP contribution >= 0.6 is 0 Å². The van der Waals surface area contributed by atoms with Gasteiger partial charge in [-0.05, 0) is 25.1 Å². The summed E-state index contributed by atoms with van der Waals surface area (Å²) in [5.74, 6) is -0.357. The Morgan fingerprint density at radius 3 is 2.69 bits per heavy atom. The fourth-order valence-electron chi connectivity index (χ4n) is 1.56. The van der Waals surface area contributed by atoms with E-state index >= 15 is 0 Å². The van der Waals surface area contributed by atoms with Crippen LogP contribution in [0.5, 0.6) is 0 Å². The zero-order valence-electron chi connectivity index (χ0n) is 9.16. The lowest BCUT2D eigenvalue weighted by molar-refractivity contribution is 0.629. The van der Waals surface area contributed by atoms with Gasteiger partial charge in [-0.2, -0.15) is 5.10 Å². The molecule has 1 aromatic carbocycles. The highest BCUT2D eigenvalue weighted by atomic mass is 19.1. The van der Waals surface area contributed by atoms with Gasteiger partial charge in [0, 0.05) is 24.6 Å². The van der Waals surface area contributed by atoms with Crippen molar-refractivity contribution in [1.29, 1.82) is 0 Å². The molecule has 0 aliphatic carbocycles. The summed E-state index contributed by atoms with van der Waals surface area (Å²) >= 11 is 0. The first-order chi connectivity index (χ1) is 7.54. The molecule has 0 aliphatic rings. The van der Waals surface area contributed by atoms with Crippen molar-refractivity contribution in [2.24, 2.45) is 7.05 Å². The number of benzene rings is 1. The predicted octanol–water partition coefficient (Wildman–Crippen LogP) is 2.19. The van der Waals surface area contributed by atoms with Crippen molar-refractivity contribution in [3.8, 4) is 0 Å². The van der Waals surface area contributed by atoms with Gasteiger partial charge < -0.3 is 11.1 Å². The molecule has 0 bridgehead atoms. The number of rotatable bonds is 2. The van der Waals surface area contributed by atoms with Gasteiger partial charge in [-0.25, -0.2) is 4.39 Å². The second kappa shape index (κ2) is 3.84. The molecule has 4 nitrogen and oxygen atoms in total. The third kappa shape index (κ3) is 2.13. The number of halogens is 1. The fraction of sp³-hybridized carbons (Fsp3) is 0.182. The van der Waals surface area contributed by atoms with Crippen molar-refractivity contribution < 1.29 is 4.39 Å². The number of aryl methyl sites for hydroxylation is 2. The molecule has 2 aromatic rings. The van der Waals surface area contributed by atoms with Crippen LogP contribution in [0.2, 0.25) is 0 Å².